The van der Waals surface area contributed by atoms with Gasteiger partial charge in [-0.15, -0.1) is 0 Å². The molecule has 1 aromatic carbocycles. The van der Waals surface area contributed by atoms with Crippen LogP contribution in [0.1, 0.15) is 37.9 Å². The number of nitrogens with zero attached hydrogens (tertiary/aromatic N) is 6. The van der Waals surface area contributed by atoms with Crippen LogP contribution in [0.4, 0.5) is 11.5 Å². The van der Waals surface area contributed by atoms with Crippen LogP contribution in [0.2, 0.25) is 0 Å². The van der Waals surface area contributed by atoms with Crippen molar-refractivity contribution >= 4 is 28.6 Å². The number of aromatic nitrogens is 4. The number of carbonyl (C=O) groups is 1. The third-order valence-electron chi connectivity index (χ3n) is 6.42. The van der Waals surface area contributed by atoms with Gasteiger partial charge in [-0.3, -0.25) is 4.79 Å². The molecule has 30 heavy (non-hydrogen) atoms. The number of piperidine rings is 1. The zero-order chi connectivity index (χ0) is 20.5. The highest BCUT2D eigenvalue weighted by atomic mass is 16.2. The summed E-state index contributed by atoms with van der Waals surface area (Å²) in [6, 6.07) is 9.85. The first-order valence-electron chi connectivity index (χ1n) is 11.0. The molecule has 0 bridgehead atoms. The van der Waals surface area contributed by atoms with Gasteiger partial charge in [-0.2, -0.15) is 0 Å². The quantitative estimate of drug-likeness (QED) is 0.669. The number of anilines is 2. The molecular formula is C23H28N6O. The Morgan fingerprint density at radius 1 is 1.07 bits per heavy atom. The highest BCUT2D eigenvalue weighted by molar-refractivity contribution is 5.95. The molecule has 5 rings (SSSR count). The molecule has 0 unspecified atom stereocenters. The summed E-state index contributed by atoms with van der Waals surface area (Å²) in [5.41, 5.74) is 2.76. The van der Waals surface area contributed by atoms with Gasteiger partial charge in [0.2, 0.25) is 5.91 Å². The molecular weight excluding hydrogens is 376 g/mol. The van der Waals surface area contributed by atoms with Crippen LogP contribution < -0.4 is 9.80 Å². The first kappa shape index (κ1) is 19.0. The average Bonchev–Trinajstić information content (AvgIpc) is 2.99. The van der Waals surface area contributed by atoms with Gasteiger partial charge in [-0.05, 0) is 37.8 Å². The molecule has 0 aliphatic carbocycles. The second-order valence-corrected chi connectivity index (χ2v) is 8.38. The summed E-state index contributed by atoms with van der Waals surface area (Å²) in [7, 11) is 1.87. The molecule has 3 aromatic rings. The van der Waals surface area contributed by atoms with Crippen molar-refractivity contribution in [3.8, 4) is 0 Å². The first-order chi connectivity index (χ1) is 14.7. The lowest BCUT2D eigenvalue weighted by Gasteiger charge is -2.34. The number of rotatable bonds is 3. The van der Waals surface area contributed by atoms with E-state index < -0.39 is 0 Å². The molecule has 2 aromatic heterocycles. The topological polar surface area (TPSA) is 67.2 Å². The Morgan fingerprint density at radius 3 is 2.80 bits per heavy atom. The predicted molar refractivity (Wildman–Crippen MR) is 118 cm³/mol. The zero-order valence-corrected chi connectivity index (χ0v) is 17.5. The number of carbonyl (C=O) groups excluding carboxylic acids is 1. The summed E-state index contributed by atoms with van der Waals surface area (Å²) in [5.74, 6) is 2.12. The Hall–Kier alpha value is -2.96. The van der Waals surface area contributed by atoms with Crippen molar-refractivity contribution < 1.29 is 4.79 Å². The van der Waals surface area contributed by atoms with Crippen molar-refractivity contribution in [3.05, 3.63) is 42.5 Å². The lowest BCUT2D eigenvalue weighted by molar-refractivity contribution is -0.122. The van der Waals surface area contributed by atoms with E-state index in [2.05, 4.69) is 19.4 Å². The van der Waals surface area contributed by atoms with Gasteiger partial charge in [0.25, 0.3) is 0 Å². The monoisotopic (exact) mass is 404 g/mol. The van der Waals surface area contributed by atoms with E-state index in [0.717, 1.165) is 60.8 Å². The molecule has 0 saturated carbocycles. The Labute approximate surface area is 176 Å². The normalized spacial score (nSPS) is 19.4. The summed E-state index contributed by atoms with van der Waals surface area (Å²) >= 11 is 0. The molecule has 1 saturated heterocycles. The smallest absolute Gasteiger partial charge is 0.231 e. The fourth-order valence-corrected chi connectivity index (χ4v) is 4.78. The average molecular weight is 405 g/mol. The standard InChI is InChI=1S/C23H28N6O/c1-27(18-10-4-2-5-11-18)23(30)17-9-8-13-28(15-17)21-20-22(25-16-24-21)29-14-7-3-6-12-19(29)26-20/h2,4-5,10-11,16-17H,3,6-9,12-15H2,1H3/t17-/m1/s1. The van der Waals surface area contributed by atoms with Gasteiger partial charge < -0.3 is 14.4 Å². The van der Waals surface area contributed by atoms with Crippen molar-refractivity contribution in [2.45, 2.75) is 45.1 Å². The Kier molecular flexibility index (Phi) is 5.11. The van der Waals surface area contributed by atoms with Crippen LogP contribution >= 0.6 is 0 Å². The number of hydrogen-bond donors (Lipinski definition) is 0. The molecule has 2 aliphatic rings. The molecule has 7 heteroatoms. The van der Waals surface area contributed by atoms with Crippen LogP contribution in [0.5, 0.6) is 0 Å². The van der Waals surface area contributed by atoms with Crippen LogP contribution in [0.3, 0.4) is 0 Å². The van der Waals surface area contributed by atoms with E-state index in [-0.39, 0.29) is 11.8 Å². The van der Waals surface area contributed by atoms with Gasteiger partial charge in [-0.1, -0.05) is 24.6 Å². The van der Waals surface area contributed by atoms with E-state index in [4.69, 9.17) is 4.98 Å². The van der Waals surface area contributed by atoms with Crippen molar-refractivity contribution in [3.63, 3.8) is 0 Å². The van der Waals surface area contributed by atoms with E-state index in [9.17, 15) is 4.79 Å². The SMILES string of the molecule is CN(C(=O)[C@@H]1CCCN(c2ncnc3c2nc2n3CCCCC2)C1)c1ccccc1. The largest absolute Gasteiger partial charge is 0.354 e. The Morgan fingerprint density at radius 2 is 1.93 bits per heavy atom. The van der Waals surface area contributed by atoms with E-state index in [1.54, 1.807) is 11.2 Å². The van der Waals surface area contributed by atoms with Crippen molar-refractivity contribution in [2.75, 3.05) is 29.9 Å². The number of imidazole rings is 1. The number of hydrogen-bond acceptors (Lipinski definition) is 5. The maximum atomic E-state index is 13.2. The lowest BCUT2D eigenvalue weighted by Crippen LogP contribution is -2.44. The number of benzene rings is 1. The van der Waals surface area contributed by atoms with Crippen LogP contribution in [-0.4, -0.2) is 45.6 Å². The minimum absolute atomic E-state index is 0.0468. The first-order valence-corrected chi connectivity index (χ1v) is 11.0. The molecule has 7 nitrogen and oxygen atoms in total. The van der Waals surface area contributed by atoms with E-state index in [1.165, 1.54) is 19.3 Å². The van der Waals surface area contributed by atoms with Crippen LogP contribution in [0, 0.1) is 5.92 Å². The van der Waals surface area contributed by atoms with Gasteiger partial charge >= 0.3 is 0 Å². The zero-order valence-electron chi connectivity index (χ0n) is 17.5. The summed E-state index contributed by atoms with van der Waals surface area (Å²) in [6.45, 7) is 2.54. The maximum Gasteiger partial charge on any atom is 0.231 e. The third-order valence-corrected chi connectivity index (χ3v) is 6.42. The highest BCUT2D eigenvalue weighted by Crippen LogP contribution is 2.30. The fourth-order valence-electron chi connectivity index (χ4n) is 4.78. The van der Waals surface area contributed by atoms with E-state index >= 15 is 0 Å². The van der Waals surface area contributed by atoms with Crippen molar-refractivity contribution in [1.82, 2.24) is 19.5 Å². The Bertz CT molecular complexity index is 1050. The molecule has 0 N–H and O–H groups in total. The number of aryl methyl sites for hydroxylation is 2. The molecule has 1 amide bonds. The fraction of sp³-hybridized carbons (Fsp3) is 0.478. The highest BCUT2D eigenvalue weighted by Gasteiger charge is 2.31. The lowest BCUT2D eigenvalue weighted by atomic mass is 9.96. The molecule has 156 valence electrons. The van der Waals surface area contributed by atoms with Crippen LogP contribution in [-0.2, 0) is 17.8 Å². The summed E-state index contributed by atoms with van der Waals surface area (Å²) in [6.07, 6.45) is 8.12. The van der Waals surface area contributed by atoms with Crippen molar-refractivity contribution in [2.24, 2.45) is 5.92 Å². The van der Waals surface area contributed by atoms with Gasteiger partial charge in [0, 0.05) is 38.8 Å². The third kappa shape index (κ3) is 3.42. The second kappa shape index (κ2) is 8.05. The summed E-state index contributed by atoms with van der Waals surface area (Å²) in [5, 5.41) is 0. The molecule has 1 fully saturated rings. The van der Waals surface area contributed by atoms with Gasteiger partial charge in [0.1, 0.15) is 12.2 Å². The van der Waals surface area contributed by atoms with E-state index in [1.807, 2.05) is 37.4 Å². The summed E-state index contributed by atoms with van der Waals surface area (Å²) in [4.78, 5) is 31.3. The van der Waals surface area contributed by atoms with Crippen LogP contribution in [0.15, 0.2) is 36.7 Å². The number of para-hydroxylation sites is 1. The predicted octanol–water partition coefficient (Wildman–Crippen LogP) is 3.43. The van der Waals surface area contributed by atoms with Crippen LogP contribution in [0.25, 0.3) is 11.2 Å². The van der Waals surface area contributed by atoms with Gasteiger partial charge in [-0.25, -0.2) is 15.0 Å². The molecule has 1 atom stereocenters. The van der Waals surface area contributed by atoms with E-state index in [0.29, 0.717) is 6.54 Å². The maximum absolute atomic E-state index is 13.2. The van der Waals surface area contributed by atoms with Gasteiger partial charge in [0.15, 0.2) is 17.0 Å². The Balaban J connectivity index is 1.41. The minimum atomic E-state index is -0.0468. The number of fused-ring (bicyclic) bond motifs is 3. The van der Waals surface area contributed by atoms with Gasteiger partial charge in [0.05, 0.1) is 5.92 Å². The number of amides is 1. The molecule has 0 spiro atoms. The molecule has 2 aliphatic heterocycles. The van der Waals surface area contributed by atoms with Crippen molar-refractivity contribution in [1.29, 1.82) is 0 Å². The molecule has 0 radical (unpaired) electrons. The minimum Gasteiger partial charge on any atom is -0.354 e. The summed E-state index contributed by atoms with van der Waals surface area (Å²) < 4.78 is 2.27. The second-order valence-electron chi connectivity index (χ2n) is 8.38. The molecule has 4 heterocycles.